The average molecular weight is 806 g/mol. The van der Waals surface area contributed by atoms with Gasteiger partial charge in [-0.05, 0) is 55.4 Å². The molecule has 2 aromatic rings. The van der Waals surface area contributed by atoms with Crippen LogP contribution in [0.25, 0.3) is 11.1 Å². The van der Waals surface area contributed by atoms with Crippen LogP contribution in [0.3, 0.4) is 0 Å². The lowest BCUT2D eigenvalue weighted by Crippen LogP contribution is -2.30. The first-order valence-electron chi connectivity index (χ1n) is 18.3. The zero-order valence-electron chi connectivity index (χ0n) is 31.3. The van der Waals surface area contributed by atoms with Crippen LogP contribution in [0, 0.1) is 5.92 Å². The Kier molecular flexibility index (Phi) is 18.9. The molecule has 3 amide bonds. The first-order valence-corrected chi connectivity index (χ1v) is 20.6. The smallest absolute Gasteiger partial charge is 0.450 e. The van der Waals surface area contributed by atoms with Gasteiger partial charge in [-0.3, -0.25) is 4.79 Å². The molecule has 0 radical (unpaired) electrons. The van der Waals surface area contributed by atoms with E-state index < -0.39 is 30.2 Å². The van der Waals surface area contributed by atoms with Gasteiger partial charge in [0, 0.05) is 42.7 Å². The first-order chi connectivity index (χ1) is 26.7. The molecule has 0 aromatic heterocycles. The molecule has 2 N–H and O–H groups in total. The van der Waals surface area contributed by atoms with E-state index in [9.17, 15) is 24.0 Å². The Morgan fingerprint density at radius 3 is 2.05 bits per heavy atom. The normalized spacial score (nSPS) is 14.9. The van der Waals surface area contributed by atoms with Gasteiger partial charge in [0.2, 0.25) is 0 Å². The third-order valence-corrected chi connectivity index (χ3v) is 11.5. The topological polar surface area (TPSA) is 177 Å². The van der Waals surface area contributed by atoms with Crippen LogP contribution in [-0.2, 0) is 42.8 Å². The standard InChI is InChI=1S/C38H51N3O12S2/c1-38(2,55-54-27-49-16-7-8-17-51-37(46)53-41-24-28(25-42)23-34(41)43)13-18-50-35(44)39-14-19-47-21-22-48-20-15-40-36(45)52-26-33-31-11-5-3-9-29(31)30-10-4-6-12-32(30)33/h3-6,9-12,25,28,33H,7-8,13-24,26-27H2,1-2H3,(H,39,44)(H,40,45). The van der Waals surface area contributed by atoms with Crippen LogP contribution < -0.4 is 10.6 Å². The van der Waals surface area contributed by atoms with Gasteiger partial charge in [0.05, 0.1) is 46.2 Å². The van der Waals surface area contributed by atoms with Gasteiger partial charge in [-0.2, -0.15) is 5.06 Å². The maximum atomic E-state index is 12.3. The average Bonchev–Trinajstić information content (AvgIpc) is 3.69. The molecule has 1 atom stereocenters. The number of alkyl carbamates (subject to hydrolysis) is 2. The molecule has 302 valence electrons. The molecule has 1 fully saturated rings. The lowest BCUT2D eigenvalue weighted by Gasteiger charge is -2.22. The van der Waals surface area contributed by atoms with Crippen LogP contribution in [0.15, 0.2) is 48.5 Å². The number of rotatable bonds is 25. The lowest BCUT2D eigenvalue weighted by atomic mass is 9.98. The summed E-state index contributed by atoms with van der Waals surface area (Å²) in [6.45, 7) is 7.21. The predicted molar refractivity (Wildman–Crippen MR) is 206 cm³/mol. The van der Waals surface area contributed by atoms with E-state index in [2.05, 4.69) is 48.7 Å². The van der Waals surface area contributed by atoms with Gasteiger partial charge in [0.25, 0.3) is 5.91 Å². The molecule has 15 nitrogen and oxygen atoms in total. The van der Waals surface area contributed by atoms with Crippen LogP contribution in [0.4, 0.5) is 14.4 Å². The minimum Gasteiger partial charge on any atom is -0.450 e. The second kappa shape index (κ2) is 23.8. The highest BCUT2D eigenvalue weighted by Crippen LogP contribution is 2.44. The fourth-order valence-corrected chi connectivity index (χ4v) is 7.92. The van der Waals surface area contributed by atoms with Crippen molar-refractivity contribution in [2.75, 3.05) is 78.4 Å². The zero-order chi connectivity index (χ0) is 39.3. The van der Waals surface area contributed by atoms with Crippen molar-refractivity contribution >= 4 is 52.1 Å². The minimum absolute atomic E-state index is 0.00852. The van der Waals surface area contributed by atoms with Crippen molar-refractivity contribution in [1.29, 1.82) is 0 Å². The van der Waals surface area contributed by atoms with Crippen molar-refractivity contribution < 1.29 is 57.2 Å². The van der Waals surface area contributed by atoms with Gasteiger partial charge in [0.1, 0.15) is 18.8 Å². The second-order valence-corrected chi connectivity index (χ2v) is 16.2. The number of hydrogen-bond donors (Lipinski definition) is 2. The number of aldehydes is 1. The lowest BCUT2D eigenvalue weighted by molar-refractivity contribution is -0.165. The van der Waals surface area contributed by atoms with Gasteiger partial charge < -0.3 is 48.7 Å². The maximum absolute atomic E-state index is 12.3. The monoisotopic (exact) mass is 805 g/mol. The van der Waals surface area contributed by atoms with Crippen LogP contribution in [0.1, 0.15) is 56.6 Å². The Hall–Kier alpha value is -4.03. The summed E-state index contributed by atoms with van der Waals surface area (Å²) < 4.78 is 32.2. The molecule has 1 heterocycles. The van der Waals surface area contributed by atoms with Crippen molar-refractivity contribution in [3.05, 3.63) is 59.7 Å². The van der Waals surface area contributed by atoms with Crippen molar-refractivity contribution in [2.45, 2.75) is 50.2 Å². The number of unbranched alkanes of at least 4 members (excludes halogenated alkanes) is 1. The largest absolute Gasteiger partial charge is 0.533 e. The molecule has 1 aliphatic heterocycles. The highest BCUT2D eigenvalue weighted by atomic mass is 33.1. The van der Waals surface area contributed by atoms with Crippen LogP contribution >= 0.6 is 21.6 Å². The summed E-state index contributed by atoms with van der Waals surface area (Å²) in [5, 5.41) is 6.24. The highest BCUT2D eigenvalue weighted by Gasteiger charge is 2.33. The quantitative estimate of drug-likeness (QED) is 0.0312. The summed E-state index contributed by atoms with van der Waals surface area (Å²) in [6, 6.07) is 16.4. The van der Waals surface area contributed by atoms with Gasteiger partial charge in [-0.25, -0.2) is 14.4 Å². The van der Waals surface area contributed by atoms with E-state index in [1.54, 1.807) is 21.6 Å². The molecular formula is C38H51N3O12S2. The van der Waals surface area contributed by atoms with E-state index >= 15 is 0 Å². The zero-order valence-corrected chi connectivity index (χ0v) is 33.0. The Bertz CT molecular complexity index is 1500. The predicted octanol–water partition coefficient (Wildman–Crippen LogP) is 5.70. The summed E-state index contributed by atoms with van der Waals surface area (Å²) >= 11 is 0. The van der Waals surface area contributed by atoms with Crippen molar-refractivity contribution in [1.82, 2.24) is 15.7 Å². The van der Waals surface area contributed by atoms with Crippen LogP contribution in [-0.4, -0.2) is 119 Å². The van der Waals surface area contributed by atoms with E-state index in [0.717, 1.165) is 16.2 Å². The molecule has 0 saturated carbocycles. The minimum atomic E-state index is -0.972. The molecule has 1 aliphatic carbocycles. The molecule has 0 bridgehead atoms. The molecule has 17 heteroatoms. The van der Waals surface area contributed by atoms with Gasteiger partial charge >= 0.3 is 18.3 Å². The molecule has 2 aromatic carbocycles. The van der Waals surface area contributed by atoms with E-state index in [-0.39, 0.29) is 43.5 Å². The molecule has 1 unspecified atom stereocenters. The van der Waals surface area contributed by atoms with E-state index in [0.29, 0.717) is 77.6 Å². The molecule has 0 spiro atoms. The van der Waals surface area contributed by atoms with Crippen molar-refractivity contribution in [3.8, 4) is 11.1 Å². The fourth-order valence-electron chi connectivity index (χ4n) is 5.64. The number of amides is 3. The Labute approximate surface area is 329 Å². The van der Waals surface area contributed by atoms with Gasteiger partial charge in [-0.1, -0.05) is 70.1 Å². The number of fused-ring (bicyclic) bond motifs is 3. The van der Waals surface area contributed by atoms with Crippen LogP contribution in [0.2, 0.25) is 0 Å². The number of nitrogens with one attached hydrogen (secondary N) is 2. The second-order valence-electron chi connectivity index (χ2n) is 13.2. The summed E-state index contributed by atoms with van der Waals surface area (Å²) in [5.74, 6) is -0.412. The summed E-state index contributed by atoms with van der Waals surface area (Å²) in [4.78, 5) is 63.3. The number of ether oxygens (including phenoxy) is 6. The number of carbonyl (C=O) groups excluding carboxylic acids is 5. The Balaban J connectivity index is 0.888. The Morgan fingerprint density at radius 2 is 1.42 bits per heavy atom. The number of hydroxylamine groups is 2. The van der Waals surface area contributed by atoms with Crippen molar-refractivity contribution in [2.24, 2.45) is 5.92 Å². The van der Waals surface area contributed by atoms with Gasteiger partial charge in [-0.15, -0.1) is 0 Å². The molecule has 1 saturated heterocycles. The number of benzene rings is 2. The number of nitrogens with zero attached hydrogens (tertiary/aromatic N) is 1. The summed E-state index contributed by atoms with van der Waals surface area (Å²) in [7, 11) is 3.20. The summed E-state index contributed by atoms with van der Waals surface area (Å²) in [5.41, 5.74) is 4.68. The number of hydrogen-bond acceptors (Lipinski definition) is 14. The maximum Gasteiger partial charge on any atom is 0.533 e. The molecule has 55 heavy (non-hydrogen) atoms. The first kappa shape index (κ1) is 43.7. The Morgan fingerprint density at radius 1 is 0.800 bits per heavy atom. The summed E-state index contributed by atoms with van der Waals surface area (Å²) in [6.07, 6.45) is 0.612. The molecule has 2 aliphatic rings. The van der Waals surface area contributed by atoms with Crippen LogP contribution in [0.5, 0.6) is 0 Å². The fraction of sp³-hybridized carbons (Fsp3) is 0.553. The van der Waals surface area contributed by atoms with Crippen molar-refractivity contribution in [3.63, 3.8) is 0 Å². The highest BCUT2D eigenvalue weighted by molar-refractivity contribution is 8.77. The van der Waals surface area contributed by atoms with E-state index in [1.165, 1.54) is 11.1 Å². The SMILES string of the molecule is CC(C)(CCOC(=O)NCCOCCOCCNC(=O)OCC1c2ccccc2-c2ccccc21)SSCOCCCCOC(=O)ON1CC(C=O)CC1=O. The third kappa shape index (κ3) is 15.6. The van der Waals surface area contributed by atoms with Gasteiger partial charge in [0.15, 0.2) is 0 Å². The number of carbonyl (C=O) groups is 5. The molecular weight excluding hydrogens is 755 g/mol. The van der Waals surface area contributed by atoms with E-state index in [1.807, 2.05) is 24.3 Å². The third-order valence-electron chi connectivity index (χ3n) is 8.50. The van der Waals surface area contributed by atoms with E-state index in [4.69, 9.17) is 33.3 Å². The molecule has 4 rings (SSSR count).